The molecule has 33 heavy (non-hydrogen) atoms. The van der Waals surface area contributed by atoms with E-state index in [4.69, 9.17) is 4.74 Å². The maximum Gasteiger partial charge on any atom is 0.242 e. The Balaban J connectivity index is 1.33. The molecule has 1 aromatic heterocycles. The summed E-state index contributed by atoms with van der Waals surface area (Å²) in [6.45, 7) is 7.71. The van der Waals surface area contributed by atoms with Gasteiger partial charge in [0.05, 0.1) is 18.3 Å². The van der Waals surface area contributed by atoms with Gasteiger partial charge in [-0.25, -0.2) is 0 Å². The number of nitrogens with zero attached hydrogens (tertiary/aromatic N) is 5. The second kappa shape index (κ2) is 10.7. The Morgan fingerprint density at radius 2 is 1.85 bits per heavy atom. The number of rotatable bonds is 6. The highest BCUT2D eigenvalue weighted by Gasteiger charge is 2.26. The first kappa shape index (κ1) is 23.2. The van der Waals surface area contributed by atoms with E-state index in [1.54, 1.807) is 4.90 Å². The molecular formula is C25H33N5O3. The van der Waals surface area contributed by atoms with E-state index in [0.717, 1.165) is 49.5 Å². The molecule has 176 valence electrons. The minimum Gasteiger partial charge on any atom is -0.376 e. The zero-order chi connectivity index (χ0) is 23.2. The van der Waals surface area contributed by atoms with Gasteiger partial charge in [-0.3, -0.25) is 9.59 Å². The molecule has 2 saturated heterocycles. The molecule has 2 fully saturated rings. The van der Waals surface area contributed by atoms with Gasteiger partial charge in [0.15, 0.2) is 5.82 Å². The zero-order valence-corrected chi connectivity index (χ0v) is 19.6. The summed E-state index contributed by atoms with van der Waals surface area (Å²) in [5, 5.41) is 8.87. The van der Waals surface area contributed by atoms with Crippen LogP contribution >= 0.6 is 0 Å². The highest BCUT2D eigenvalue weighted by molar-refractivity contribution is 5.84. The van der Waals surface area contributed by atoms with Crippen LogP contribution in [0, 0.1) is 6.92 Å². The molecule has 2 aliphatic heterocycles. The molecule has 2 aromatic rings. The number of amides is 2. The van der Waals surface area contributed by atoms with E-state index in [1.807, 2.05) is 17.0 Å². The summed E-state index contributed by atoms with van der Waals surface area (Å²) in [5.41, 5.74) is 3.11. The van der Waals surface area contributed by atoms with Crippen molar-refractivity contribution in [1.82, 2.24) is 20.0 Å². The minimum absolute atomic E-state index is 0.00847. The molecule has 4 rings (SSSR count). The predicted octanol–water partition coefficient (Wildman–Crippen LogP) is 2.52. The first-order valence-corrected chi connectivity index (χ1v) is 11.8. The number of carbonyl (C=O) groups is 2. The van der Waals surface area contributed by atoms with Crippen molar-refractivity contribution in [1.29, 1.82) is 0 Å². The van der Waals surface area contributed by atoms with E-state index in [9.17, 15) is 9.59 Å². The summed E-state index contributed by atoms with van der Waals surface area (Å²) < 4.78 is 5.65. The van der Waals surface area contributed by atoms with E-state index >= 15 is 0 Å². The number of ether oxygens (including phenoxy) is 1. The van der Waals surface area contributed by atoms with Crippen molar-refractivity contribution < 1.29 is 14.3 Å². The van der Waals surface area contributed by atoms with Crippen LogP contribution in [0.25, 0.3) is 11.3 Å². The first-order chi connectivity index (χ1) is 16.0. The Kier molecular flexibility index (Phi) is 7.54. The summed E-state index contributed by atoms with van der Waals surface area (Å²) in [5.74, 6) is 0.731. The molecule has 8 heteroatoms. The van der Waals surface area contributed by atoms with Crippen molar-refractivity contribution >= 4 is 17.6 Å². The van der Waals surface area contributed by atoms with Crippen LogP contribution in [-0.2, 0) is 14.3 Å². The zero-order valence-electron chi connectivity index (χ0n) is 19.6. The Morgan fingerprint density at radius 1 is 1.03 bits per heavy atom. The maximum atomic E-state index is 13.0. The van der Waals surface area contributed by atoms with Crippen LogP contribution in [0.15, 0.2) is 36.4 Å². The molecule has 0 N–H and O–H groups in total. The van der Waals surface area contributed by atoms with Crippen molar-refractivity contribution in [2.75, 3.05) is 50.8 Å². The van der Waals surface area contributed by atoms with E-state index < -0.39 is 0 Å². The molecule has 1 atom stereocenters. The molecule has 2 amide bonds. The summed E-state index contributed by atoms with van der Waals surface area (Å²) >= 11 is 0. The highest BCUT2D eigenvalue weighted by atomic mass is 16.5. The van der Waals surface area contributed by atoms with Crippen molar-refractivity contribution in [3.05, 3.63) is 42.0 Å². The average Bonchev–Trinajstić information content (AvgIpc) is 3.20. The van der Waals surface area contributed by atoms with E-state index in [0.29, 0.717) is 26.2 Å². The van der Waals surface area contributed by atoms with Gasteiger partial charge in [0, 0.05) is 51.8 Å². The monoisotopic (exact) mass is 451 g/mol. The van der Waals surface area contributed by atoms with Crippen LogP contribution < -0.4 is 4.90 Å². The number of hydrogen-bond donors (Lipinski definition) is 0. The summed E-state index contributed by atoms with van der Waals surface area (Å²) in [7, 11) is 0. The Morgan fingerprint density at radius 3 is 2.52 bits per heavy atom. The lowest BCUT2D eigenvalue weighted by Crippen LogP contribution is -2.45. The summed E-state index contributed by atoms with van der Waals surface area (Å²) in [4.78, 5) is 30.7. The molecule has 0 aliphatic carbocycles. The van der Waals surface area contributed by atoms with Gasteiger partial charge >= 0.3 is 0 Å². The molecule has 0 saturated carbocycles. The second-order valence-electron chi connectivity index (χ2n) is 8.90. The lowest BCUT2D eigenvalue weighted by Gasteiger charge is -2.27. The Hall–Kier alpha value is -3.00. The Bertz CT molecular complexity index is 942. The van der Waals surface area contributed by atoms with E-state index in [2.05, 4.69) is 46.3 Å². The predicted molar refractivity (Wildman–Crippen MR) is 127 cm³/mol. The smallest absolute Gasteiger partial charge is 0.242 e. The number of carbonyl (C=O) groups excluding carboxylic acids is 2. The molecule has 0 spiro atoms. The first-order valence-electron chi connectivity index (χ1n) is 11.8. The van der Waals surface area contributed by atoms with Gasteiger partial charge in [0.1, 0.15) is 0 Å². The quantitative estimate of drug-likeness (QED) is 0.672. The number of aromatic nitrogens is 2. The van der Waals surface area contributed by atoms with Crippen LogP contribution in [0.2, 0.25) is 0 Å². The van der Waals surface area contributed by atoms with Crippen molar-refractivity contribution in [3.8, 4) is 11.3 Å². The number of hydrogen-bond acceptors (Lipinski definition) is 6. The molecule has 0 radical (unpaired) electrons. The topological polar surface area (TPSA) is 78.9 Å². The lowest BCUT2D eigenvalue weighted by atomic mass is 10.1. The fourth-order valence-corrected chi connectivity index (χ4v) is 4.37. The number of benzene rings is 1. The fourth-order valence-electron chi connectivity index (χ4n) is 4.37. The number of anilines is 1. The molecule has 1 aromatic carbocycles. The molecule has 0 bridgehead atoms. The van der Waals surface area contributed by atoms with Gasteiger partial charge in [-0.05, 0) is 38.3 Å². The highest BCUT2D eigenvalue weighted by Crippen LogP contribution is 2.20. The average molecular weight is 452 g/mol. The van der Waals surface area contributed by atoms with Gasteiger partial charge < -0.3 is 19.4 Å². The molecular weight excluding hydrogens is 418 g/mol. The third kappa shape index (κ3) is 6.07. The molecule has 0 unspecified atom stereocenters. The van der Waals surface area contributed by atoms with Gasteiger partial charge in [0.25, 0.3) is 0 Å². The van der Waals surface area contributed by atoms with E-state index in [-0.39, 0.29) is 24.5 Å². The molecule has 3 heterocycles. The lowest BCUT2D eigenvalue weighted by molar-refractivity contribution is -0.140. The minimum atomic E-state index is -0.0840. The van der Waals surface area contributed by atoms with Crippen molar-refractivity contribution in [2.24, 2.45) is 0 Å². The normalized spacial score (nSPS) is 18.8. The van der Waals surface area contributed by atoms with Crippen LogP contribution in [0.1, 0.15) is 31.7 Å². The second-order valence-corrected chi connectivity index (χ2v) is 8.90. The fraction of sp³-hybridized carbons (Fsp3) is 0.520. The van der Waals surface area contributed by atoms with Crippen molar-refractivity contribution in [2.45, 2.75) is 39.2 Å². The van der Waals surface area contributed by atoms with Crippen LogP contribution in [0.5, 0.6) is 0 Å². The van der Waals surface area contributed by atoms with Gasteiger partial charge in [-0.15, -0.1) is 10.2 Å². The molecule has 8 nitrogen and oxygen atoms in total. The summed E-state index contributed by atoms with van der Waals surface area (Å²) in [6, 6.07) is 12.2. The third-order valence-electron chi connectivity index (χ3n) is 6.39. The largest absolute Gasteiger partial charge is 0.376 e. The number of aryl methyl sites for hydroxylation is 1. The van der Waals surface area contributed by atoms with Crippen LogP contribution in [-0.4, -0.2) is 83.8 Å². The van der Waals surface area contributed by atoms with Crippen molar-refractivity contribution in [3.63, 3.8) is 0 Å². The Labute approximate surface area is 195 Å². The van der Waals surface area contributed by atoms with Gasteiger partial charge in [-0.1, -0.05) is 29.8 Å². The van der Waals surface area contributed by atoms with E-state index in [1.165, 1.54) is 12.5 Å². The molecule has 2 aliphatic rings. The SMILES string of the molecule is CC(=O)N(CC(=O)N1CCCN(c2ccc(-c3ccc(C)cc3)nn2)CC1)C[C@@H]1CCCO1. The summed E-state index contributed by atoms with van der Waals surface area (Å²) in [6.07, 6.45) is 2.85. The third-order valence-corrected chi connectivity index (χ3v) is 6.39. The standard InChI is InChI=1S/C25H33N5O3/c1-19-6-8-21(9-7-19)23-10-11-24(27-26-23)28-12-4-13-29(15-14-28)25(32)18-30(20(2)31)17-22-5-3-16-33-22/h6-11,22H,3-5,12-18H2,1-2H3/t22-/m0/s1. The van der Waals surface area contributed by atoms with Crippen LogP contribution in [0.3, 0.4) is 0 Å². The maximum absolute atomic E-state index is 13.0. The van der Waals surface area contributed by atoms with Gasteiger partial charge in [0.2, 0.25) is 11.8 Å². The van der Waals surface area contributed by atoms with Gasteiger partial charge in [-0.2, -0.15) is 0 Å². The van der Waals surface area contributed by atoms with Crippen LogP contribution in [0.4, 0.5) is 5.82 Å².